The molecule has 1 rings (SSSR count). The number of rotatable bonds is 2. The van der Waals surface area contributed by atoms with E-state index in [0.717, 1.165) is 10.6 Å². The average Bonchev–Trinajstić information content (AvgIpc) is 2.04. The molecule has 0 aliphatic carbocycles. The number of nitrogens with two attached hydrogens (primary N) is 1. The quantitative estimate of drug-likeness (QED) is 0.742. The summed E-state index contributed by atoms with van der Waals surface area (Å²) < 4.78 is 0. The second kappa shape index (κ2) is 4.44. The average molecular weight is 215 g/mol. The molecule has 0 heterocycles. The van der Waals surface area contributed by atoms with Crippen molar-refractivity contribution in [1.29, 1.82) is 0 Å². The standard InChI is InChI=1S/C9H11ClN2S/c1-6(12-9(11)13)7-2-4-8(10)5-3-7/h2-6H,1H3,(H3,11,12,13). The first-order valence-electron chi connectivity index (χ1n) is 3.91. The van der Waals surface area contributed by atoms with Crippen LogP contribution in [0.4, 0.5) is 0 Å². The summed E-state index contributed by atoms with van der Waals surface area (Å²) in [6.45, 7) is 1.99. The fraction of sp³-hybridized carbons (Fsp3) is 0.222. The van der Waals surface area contributed by atoms with E-state index in [1.165, 1.54) is 0 Å². The van der Waals surface area contributed by atoms with Crippen molar-refractivity contribution in [1.82, 2.24) is 5.32 Å². The lowest BCUT2D eigenvalue weighted by atomic mass is 10.1. The van der Waals surface area contributed by atoms with Crippen LogP contribution in [0.2, 0.25) is 5.02 Å². The third-order valence-corrected chi connectivity index (χ3v) is 2.10. The van der Waals surface area contributed by atoms with Crippen molar-refractivity contribution in [2.24, 2.45) is 5.73 Å². The van der Waals surface area contributed by atoms with E-state index in [1.54, 1.807) is 0 Å². The van der Waals surface area contributed by atoms with Crippen molar-refractivity contribution < 1.29 is 0 Å². The van der Waals surface area contributed by atoms with E-state index in [4.69, 9.17) is 29.6 Å². The Balaban J connectivity index is 2.71. The van der Waals surface area contributed by atoms with Crippen LogP contribution in [0, 0.1) is 0 Å². The molecule has 1 aromatic rings. The predicted octanol–water partition coefficient (Wildman–Crippen LogP) is 2.23. The van der Waals surface area contributed by atoms with Crippen molar-refractivity contribution in [3.63, 3.8) is 0 Å². The summed E-state index contributed by atoms with van der Waals surface area (Å²) in [5.41, 5.74) is 6.46. The van der Waals surface area contributed by atoms with Gasteiger partial charge in [-0.2, -0.15) is 0 Å². The summed E-state index contributed by atoms with van der Waals surface area (Å²) in [4.78, 5) is 0. The minimum absolute atomic E-state index is 0.120. The lowest BCUT2D eigenvalue weighted by Gasteiger charge is -2.13. The maximum Gasteiger partial charge on any atom is 0.164 e. The molecular weight excluding hydrogens is 204 g/mol. The predicted molar refractivity (Wildman–Crippen MR) is 59.8 cm³/mol. The van der Waals surface area contributed by atoms with E-state index in [2.05, 4.69) is 5.32 Å². The minimum atomic E-state index is 0.120. The zero-order chi connectivity index (χ0) is 9.84. The number of benzene rings is 1. The largest absolute Gasteiger partial charge is 0.376 e. The van der Waals surface area contributed by atoms with Gasteiger partial charge in [0.15, 0.2) is 5.11 Å². The molecule has 0 aliphatic rings. The van der Waals surface area contributed by atoms with Gasteiger partial charge in [-0.25, -0.2) is 0 Å². The second-order valence-corrected chi connectivity index (χ2v) is 3.66. The van der Waals surface area contributed by atoms with Crippen LogP contribution in [0.3, 0.4) is 0 Å². The molecule has 4 heteroatoms. The van der Waals surface area contributed by atoms with Crippen LogP contribution >= 0.6 is 23.8 Å². The van der Waals surface area contributed by atoms with Crippen LogP contribution in [-0.2, 0) is 0 Å². The van der Waals surface area contributed by atoms with Gasteiger partial charge in [-0.05, 0) is 36.8 Å². The Morgan fingerprint density at radius 2 is 2.00 bits per heavy atom. The summed E-state index contributed by atoms with van der Waals surface area (Å²) in [7, 11) is 0. The van der Waals surface area contributed by atoms with Crippen molar-refractivity contribution in [3.05, 3.63) is 34.9 Å². The van der Waals surface area contributed by atoms with E-state index in [9.17, 15) is 0 Å². The molecule has 0 aromatic heterocycles. The zero-order valence-corrected chi connectivity index (χ0v) is 8.82. The highest BCUT2D eigenvalue weighted by molar-refractivity contribution is 7.80. The van der Waals surface area contributed by atoms with Gasteiger partial charge in [0.1, 0.15) is 0 Å². The molecule has 2 nitrogen and oxygen atoms in total. The topological polar surface area (TPSA) is 38.0 Å². The Morgan fingerprint density at radius 3 is 2.46 bits per heavy atom. The van der Waals surface area contributed by atoms with Crippen LogP contribution in [-0.4, -0.2) is 5.11 Å². The fourth-order valence-corrected chi connectivity index (χ4v) is 1.35. The molecule has 0 saturated heterocycles. The molecular formula is C9H11ClN2S. The summed E-state index contributed by atoms with van der Waals surface area (Å²) in [6, 6.07) is 7.69. The first-order valence-corrected chi connectivity index (χ1v) is 4.69. The molecule has 0 bridgehead atoms. The summed E-state index contributed by atoms with van der Waals surface area (Å²) >= 11 is 10.5. The lowest BCUT2D eigenvalue weighted by Crippen LogP contribution is -2.31. The van der Waals surface area contributed by atoms with Gasteiger partial charge in [0.25, 0.3) is 0 Å². The van der Waals surface area contributed by atoms with Gasteiger partial charge in [0, 0.05) is 5.02 Å². The van der Waals surface area contributed by atoms with Crippen LogP contribution in [0.1, 0.15) is 18.5 Å². The van der Waals surface area contributed by atoms with Gasteiger partial charge < -0.3 is 11.1 Å². The minimum Gasteiger partial charge on any atom is -0.376 e. The van der Waals surface area contributed by atoms with Gasteiger partial charge in [0.05, 0.1) is 6.04 Å². The molecule has 0 fully saturated rings. The molecule has 1 aromatic carbocycles. The van der Waals surface area contributed by atoms with Crippen LogP contribution < -0.4 is 11.1 Å². The van der Waals surface area contributed by atoms with Crippen molar-refractivity contribution in [2.45, 2.75) is 13.0 Å². The molecule has 0 amide bonds. The van der Waals surface area contributed by atoms with Gasteiger partial charge >= 0.3 is 0 Å². The molecule has 1 atom stereocenters. The molecule has 0 radical (unpaired) electrons. The first kappa shape index (κ1) is 10.3. The third kappa shape index (κ3) is 3.20. The van der Waals surface area contributed by atoms with Crippen LogP contribution in [0.5, 0.6) is 0 Å². The fourth-order valence-electron chi connectivity index (χ4n) is 1.05. The molecule has 0 spiro atoms. The molecule has 13 heavy (non-hydrogen) atoms. The number of halogens is 1. The van der Waals surface area contributed by atoms with Gasteiger partial charge in [0.2, 0.25) is 0 Å². The Hall–Kier alpha value is -0.800. The van der Waals surface area contributed by atoms with Gasteiger partial charge in [-0.15, -0.1) is 0 Å². The summed E-state index contributed by atoms with van der Waals surface area (Å²) in [5, 5.41) is 3.98. The number of nitrogens with one attached hydrogen (secondary N) is 1. The molecule has 1 unspecified atom stereocenters. The Morgan fingerprint density at radius 1 is 1.46 bits per heavy atom. The summed E-state index contributed by atoms with van der Waals surface area (Å²) in [5.74, 6) is 0. The van der Waals surface area contributed by atoms with E-state index in [-0.39, 0.29) is 6.04 Å². The van der Waals surface area contributed by atoms with Crippen LogP contribution in [0.15, 0.2) is 24.3 Å². The number of hydrogen-bond acceptors (Lipinski definition) is 1. The highest BCUT2D eigenvalue weighted by atomic mass is 35.5. The normalized spacial score (nSPS) is 12.2. The first-order chi connectivity index (χ1) is 6.09. The maximum absolute atomic E-state index is 5.75. The molecule has 0 aliphatic heterocycles. The molecule has 3 N–H and O–H groups in total. The number of thiocarbonyl (C=S) groups is 1. The lowest BCUT2D eigenvalue weighted by molar-refractivity contribution is 0.720. The van der Waals surface area contributed by atoms with E-state index >= 15 is 0 Å². The summed E-state index contributed by atoms with van der Waals surface area (Å²) in [6.07, 6.45) is 0. The third-order valence-electron chi connectivity index (χ3n) is 1.73. The van der Waals surface area contributed by atoms with Crippen molar-refractivity contribution in [2.75, 3.05) is 0 Å². The van der Waals surface area contributed by atoms with Crippen molar-refractivity contribution in [3.8, 4) is 0 Å². The van der Waals surface area contributed by atoms with Crippen LogP contribution in [0.25, 0.3) is 0 Å². The van der Waals surface area contributed by atoms with Crippen molar-refractivity contribution >= 4 is 28.9 Å². The Labute approximate surface area is 88.1 Å². The Bertz CT molecular complexity index is 297. The van der Waals surface area contributed by atoms with Gasteiger partial charge in [-0.1, -0.05) is 23.7 Å². The van der Waals surface area contributed by atoms with E-state index < -0.39 is 0 Å². The zero-order valence-electron chi connectivity index (χ0n) is 7.25. The Kier molecular flexibility index (Phi) is 3.51. The SMILES string of the molecule is CC(NC(N)=S)c1ccc(Cl)cc1. The molecule has 0 saturated carbocycles. The monoisotopic (exact) mass is 214 g/mol. The maximum atomic E-state index is 5.75. The van der Waals surface area contributed by atoms with E-state index in [0.29, 0.717) is 5.11 Å². The highest BCUT2D eigenvalue weighted by Gasteiger charge is 2.03. The number of hydrogen-bond donors (Lipinski definition) is 2. The van der Waals surface area contributed by atoms with E-state index in [1.807, 2.05) is 31.2 Å². The second-order valence-electron chi connectivity index (χ2n) is 2.78. The highest BCUT2D eigenvalue weighted by Crippen LogP contribution is 2.15. The van der Waals surface area contributed by atoms with Gasteiger partial charge in [-0.3, -0.25) is 0 Å². The smallest absolute Gasteiger partial charge is 0.164 e. The molecule has 70 valence electrons.